The number of halogens is 2. The van der Waals surface area contributed by atoms with Gasteiger partial charge in [-0.25, -0.2) is 8.78 Å². The van der Waals surface area contributed by atoms with Crippen LogP contribution in [-0.4, -0.2) is 13.1 Å². The molecule has 0 radical (unpaired) electrons. The van der Waals surface area contributed by atoms with Crippen LogP contribution >= 0.6 is 0 Å². The molecule has 19 heavy (non-hydrogen) atoms. The van der Waals surface area contributed by atoms with Crippen molar-refractivity contribution in [3.8, 4) is 0 Å². The number of benzene rings is 1. The molecule has 0 bridgehead atoms. The molecule has 1 aromatic rings. The minimum Gasteiger partial charge on any atom is -0.316 e. The SMILES string of the molecule is CC(C)CNCC1(c2ccc(F)cc2F)CCCC1. The maximum Gasteiger partial charge on any atom is 0.129 e. The van der Waals surface area contributed by atoms with Gasteiger partial charge >= 0.3 is 0 Å². The van der Waals surface area contributed by atoms with Crippen molar-refractivity contribution in [3.63, 3.8) is 0 Å². The summed E-state index contributed by atoms with van der Waals surface area (Å²) in [5.41, 5.74) is 0.537. The molecule has 0 aromatic heterocycles. The first-order valence-electron chi connectivity index (χ1n) is 7.20. The van der Waals surface area contributed by atoms with Crippen LogP contribution in [0.15, 0.2) is 18.2 Å². The third-order valence-electron chi connectivity index (χ3n) is 4.08. The van der Waals surface area contributed by atoms with Crippen molar-refractivity contribution in [1.82, 2.24) is 5.32 Å². The van der Waals surface area contributed by atoms with Crippen molar-refractivity contribution >= 4 is 0 Å². The maximum atomic E-state index is 14.1. The largest absolute Gasteiger partial charge is 0.316 e. The van der Waals surface area contributed by atoms with Crippen molar-refractivity contribution in [2.75, 3.05) is 13.1 Å². The zero-order valence-electron chi connectivity index (χ0n) is 11.8. The molecular weight excluding hydrogens is 244 g/mol. The quantitative estimate of drug-likeness (QED) is 0.849. The second kappa shape index (κ2) is 6.00. The van der Waals surface area contributed by atoms with Crippen molar-refractivity contribution in [2.45, 2.75) is 44.9 Å². The molecule has 106 valence electrons. The van der Waals surface area contributed by atoms with Gasteiger partial charge in [-0.1, -0.05) is 32.8 Å². The Bertz CT molecular complexity index is 423. The average Bonchev–Trinajstić information content (AvgIpc) is 2.78. The summed E-state index contributed by atoms with van der Waals surface area (Å²) in [4.78, 5) is 0. The fourth-order valence-electron chi connectivity index (χ4n) is 3.11. The molecule has 0 atom stereocenters. The Morgan fingerprint density at radius 2 is 1.89 bits per heavy atom. The molecule has 1 aliphatic rings. The van der Waals surface area contributed by atoms with Crippen molar-refractivity contribution in [2.24, 2.45) is 5.92 Å². The molecule has 0 heterocycles. The summed E-state index contributed by atoms with van der Waals surface area (Å²) in [7, 11) is 0. The molecule has 3 heteroatoms. The van der Waals surface area contributed by atoms with Crippen LogP contribution in [0, 0.1) is 17.6 Å². The first-order chi connectivity index (χ1) is 9.03. The lowest BCUT2D eigenvalue weighted by atomic mass is 9.78. The van der Waals surface area contributed by atoms with Crippen LogP contribution < -0.4 is 5.32 Å². The fourth-order valence-corrected chi connectivity index (χ4v) is 3.11. The predicted molar refractivity (Wildman–Crippen MR) is 74.2 cm³/mol. The monoisotopic (exact) mass is 267 g/mol. The van der Waals surface area contributed by atoms with Crippen LogP contribution in [0.1, 0.15) is 45.1 Å². The number of hydrogen-bond acceptors (Lipinski definition) is 1. The van der Waals surface area contributed by atoms with E-state index in [1.807, 2.05) is 0 Å². The molecule has 1 aliphatic carbocycles. The predicted octanol–water partition coefficient (Wildman–Crippen LogP) is 4.02. The minimum atomic E-state index is -0.496. The summed E-state index contributed by atoms with van der Waals surface area (Å²) in [5, 5.41) is 3.45. The average molecular weight is 267 g/mol. The summed E-state index contributed by atoms with van der Waals surface area (Å²) >= 11 is 0. The Labute approximate surface area is 114 Å². The van der Waals surface area contributed by atoms with Crippen LogP contribution in [0.25, 0.3) is 0 Å². The van der Waals surface area contributed by atoms with Crippen molar-refractivity contribution < 1.29 is 8.78 Å². The highest BCUT2D eigenvalue weighted by Gasteiger charge is 2.37. The van der Waals surface area contributed by atoms with Gasteiger partial charge in [0.05, 0.1) is 0 Å². The maximum absolute atomic E-state index is 14.1. The van der Waals surface area contributed by atoms with Gasteiger partial charge in [-0.05, 0) is 36.9 Å². The summed E-state index contributed by atoms with van der Waals surface area (Å²) < 4.78 is 27.1. The van der Waals surface area contributed by atoms with E-state index in [1.165, 1.54) is 6.07 Å². The molecule has 1 saturated carbocycles. The molecule has 2 rings (SSSR count). The lowest BCUT2D eigenvalue weighted by Crippen LogP contribution is -2.38. The Kier molecular flexibility index (Phi) is 4.56. The zero-order valence-corrected chi connectivity index (χ0v) is 11.8. The molecule has 1 aromatic carbocycles. The van der Waals surface area contributed by atoms with Crippen LogP contribution in [0.2, 0.25) is 0 Å². The van der Waals surface area contributed by atoms with E-state index < -0.39 is 11.6 Å². The third kappa shape index (κ3) is 3.33. The Balaban J connectivity index is 2.18. The summed E-state index contributed by atoms with van der Waals surface area (Å²) in [6.07, 6.45) is 4.22. The normalized spacial score (nSPS) is 18.2. The van der Waals surface area contributed by atoms with Crippen molar-refractivity contribution in [1.29, 1.82) is 0 Å². The van der Waals surface area contributed by atoms with Gasteiger partial charge in [0.15, 0.2) is 0 Å². The van der Waals surface area contributed by atoms with E-state index in [1.54, 1.807) is 6.07 Å². The molecule has 0 amide bonds. The lowest BCUT2D eigenvalue weighted by Gasteiger charge is -2.31. The second-order valence-electron chi connectivity index (χ2n) is 6.14. The highest BCUT2D eigenvalue weighted by Crippen LogP contribution is 2.41. The van der Waals surface area contributed by atoms with Gasteiger partial charge in [-0.3, -0.25) is 0 Å². The highest BCUT2D eigenvalue weighted by molar-refractivity contribution is 5.29. The zero-order chi connectivity index (χ0) is 13.9. The first-order valence-corrected chi connectivity index (χ1v) is 7.20. The Hall–Kier alpha value is -0.960. The third-order valence-corrected chi connectivity index (χ3v) is 4.08. The molecule has 0 saturated heterocycles. The second-order valence-corrected chi connectivity index (χ2v) is 6.14. The molecule has 1 nitrogen and oxygen atoms in total. The van der Waals surface area contributed by atoms with Gasteiger partial charge in [0.1, 0.15) is 11.6 Å². The minimum absolute atomic E-state index is 0.146. The number of nitrogens with one attached hydrogen (secondary N) is 1. The first kappa shape index (κ1) is 14.4. The molecule has 1 fully saturated rings. The summed E-state index contributed by atoms with van der Waals surface area (Å²) in [6.45, 7) is 6.04. The molecular formula is C16H23F2N. The van der Waals surface area contributed by atoms with Crippen LogP contribution in [-0.2, 0) is 5.41 Å². The lowest BCUT2D eigenvalue weighted by molar-refractivity contribution is 0.375. The van der Waals surface area contributed by atoms with Crippen molar-refractivity contribution in [3.05, 3.63) is 35.4 Å². The number of rotatable bonds is 5. The number of hydrogen-bond donors (Lipinski definition) is 1. The van der Waals surface area contributed by atoms with E-state index >= 15 is 0 Å². The summed E-state index contributed by atoms with van der Waals surface area (Å²) in [5.74, 6) is -0.311. The van der Waals surface area contributed by atoms with E-state index in [2.05, 4.69) is 19.2 Å². The molecule has 0 unspecified atom stereocenters. The van der Waals surface area contributed by atoms with E-state index in [0.29, 0.717) is 11.5 Å². The van der Waals surface area contributed by atoms with Gasteiger partial charge in [-0.15, -0.1) is 0 Å². The summed E-state index contributed by atoms with van der Waals surface area (Å²) in [6, 6.07) is 4.02. The van der Waals surface area contributed by atoms with Gasteiger partial charge in [0.2, 0.25) is 0 Å². The van der Waals surface area contributed by atoms with E-state index in [-0.39, 0.29) is 5.41 Å². The van der Waals surface area contributed by atoms with Gasteiger partial charge in [0.25, 0.3) is 0 Å². The molecule has 1 N–H and O–H groups in total. The van der Waals surface area contributed by atoms with Gasteiger partial charge in [-0.2, -0.15) is 0 Å². The van der Waals surface area contributed by atoms with E-state index in [4.69, 9.17) is 0 Å². The standard InChI is InChI=1S/C16H23F2N/c1-12(2)10-19-11-16(7-3-4-8-16)14-6-5-13(17)9-15(14)18/h5-6,9,12,19H,3-4,7-8,10-11H2,1-2H3. The highest BCUT2D eigenvalue weighted by atomic mass is 19.1. The van der Waals surface area contributed by atoms with Crippen LogP contribution in [0.4, 0.5) is 8.78 Å². The van der Waals surface area contributed by atoms with Gasteiger partial charge < -0.3 is 5.32 Å². The Morgan fingerprint density at radius 3 is 2.47 bits per heavy atom. The van der Waals surface area contributed by atoms with Crippen LogP contribution in [0.5, 0.6) is 0 Å². The fraction of sp³-hybridized carbons (Fsp3) is 0.625. The van der Waals surface area contributed by atoms with E-state index in [9.17, 15) is 8.78 Å². The van der Waals surface area contributed by atoms with Crippen LogP contribution in [0.3, 0.4) is 0 Å². The molecule has 0 spiro atoms. The topological polar surface area (TPSA) is 12.0 Å². The van der Waals surface area contributed by atoms with E-state index in [0.717, 1.165) is 44.8 Å². The smallest absolute Gasteiger partial charge is 0.129 e. The Morgan fingerprint density at radius 1 is 1.21 bits per heavy atom. The van der Waals surface area contributed by atoms with Gasteiger partial charge in [0, 0.05) is 18.0 Å². The molecule has 0 aliphatic heterocycles.